The highest BCUT2D eigenvalue weighted by Gasteiger charge is 2.27. The lowest BCUT2D eigenvalue weighted by atomic mass is 10.2. The van der Waals surface area contributed by atoms with E-state index < -0.39 is 0 Å². The zero-order valence-electron chi connectivity index (χ0n) is 8.09. The molecule has 0 radical (unpaired) electrons. The normalized spacial score (nSPS) is 16.7. The van der Waals surface area contributed by atoms with Crippen molar-refractivity contribution in [3.63, 3.8) is 0 Å². The summed E-state index contributed by atoms with van der Waals surface area (Å²) in [5, 5.41) is 20.7. The van der Waals surface area contributed by atoms with E-state index in [2.05, 4.69) is 15.1 Å². The fraction of sp³-hybridized carbons (Fsp3) is 0.444. The lowest BCUT2D eigenvalue weighted by molar-refractivity contribution is 0.317. The summed E-state index contributed by atoms with van der Waals surface area (Å²) in [6, 6.07) is 0. The van der Waals surface area contributed by atoms with Gasteiger partial charge in [0.15, 0.2) is 5.75 Å². The molecule has 0 saturated heterocycles. The van der Waals surface area contributed by atoms with Gasteiger partial charge in [0.05, 0.1) is 18.3 Å². The van der Waals surface area contributed by atoms with Gasteiger partial charge in [0, 0.05) is 5.92 Å². The third-order valence-electron chi connectivity index (χ3n) is 2.28. The lowest BCUT2D eigenvalue weighted by Crippen LogP contribution is -2.16. The number of aromatic nitrogens is 2. The average molecular weight is 208 g/mol. The molecule has 1 aliphatic rings. The number of hydrogen-bond donors (Lipinski definition) is 3. The van der Waals surface area contributed by atoms with Crippen molar-refractivity contribution in [3.05, 3.63) is 17.7 Å². The van der Waals surface area contributed by atoms with Gasteiger partial charge in [-0.25, -0.2) is 9.97 Å². The van der Waals surface area contributed by atoms with Crippen molar-refractivity contribution in [1.82, 2.24) is 9.97 Å². The summed E-state index contributed by atoms with van der Waals surface area (Å²) >= 11 is 0. The third-order valence-corrected chi connectivity index (χ3v) is 2.28. The molecule has 0 spiro atoms. The topological polar surface area (TPSA) is 105 Å². The molecule has 15 heavy (non-hydrogen) atoms. The summed E-state index contributed by atoms with van der Waals surface area (Å²) in [6.07, 6.45) is 3.67. The molecule has 2 rings (SSSR count). The summed E-state index contributed by atoms with van der Waals surface area (Å²) in [6.45, 7) is 0. The van der Waals surface area contributed by atoms with Gasteiger partial charge in [-0.1, -0.05) is 5.16 Å². The average Bonchev–Trinajstić information content (AvgIpc) is 3.04. The first kappa shape index (κ1) is 9.70. The molecule has 0 aromatic carbocycles. The Kier molecular flexibility index (Phi) is 2.40. The van der Waals surface area contributed by atoms with Gasteiger partial charge in [0.1, 0.15) is 11.7 Å². The van der Waals surface area contributed by atoms with Crippen LogP contribution >= 0.6 is 0 Å². The van der Waals surface area contributed by atoms with E-state index in [1.54, 1.807) is 0 Å². The summed E-state index contributed by atoms with van der Waals surface area (Å²) in [4.78, 5) is 8.22. The molecule has 0 atom stereocenters. The summed E-state index contributed by atoms with van der Waals surface area (Å²) < 4.78 is 0. The fourth-order valence-corrected chi connectivity index (χ4v) is 1.30. The van der Waals surface area contributed by atoms with Crippen LogP contribution in [-0.2, 0) is 6.42 Å². The van der Waals surface area contributed by atoms with E-state index >= 15 is 0 Å². The van der Waals surface area contributed by atoms with Crippen molar-refractivity contribution in [1.29, 1.82) is 0 Å². The van der Waals surface area contributed by atoms with Gasteiger partial charge >= 0.3 is 0 Å². The Balaban J connectivity index is 2.24. The number of aromatic hydroxyl groups is 1. The van der Waals surface area contributed by atoms with E-state index in [-0.39, 0.29) is 18.0 Å². The zero-order chi connectivity index (χ0) is 10.8. The number of amidine groups is 1. The molecule has 1 aliphatic carbocycles. The molecule has 4 N–H and O–H groups in total. The summed E-state index contributed by atoms with van der Waals surface area (Å²) in [5.41, 5.74) is 5.75. The third kappa shape index (κ3) is 2.15. The number of hydrogen-bond acceptors (Lipinski definition) is 5. The number of nitrogens with zero attached hydrogens (tertiary/aromatic N) is 3. The molecule has 6 heteroatoms. The van der Waals surface area contributed by atoms with Gasteiger partial charge in [0.2, 0.25) is 0 Å². The minimum Gasteiger partial charge on any atom is -0.504 e. The van der Waals surface area contributed by atoms with Gasteiger partial charge < -0.3 is 16.0 Å². The van der Waals surface area contributed by atoms with Crippen molar-refractivity contribution in [2.75, 3.05) is 0 Å². The standard InChI is InChI=1S/C9H12N4O2/c10-8(13-15)3-6-7(14)4-11-9(12-6)5-1-2-5/h4-5,14-15H,1-3H2,(H2,10,13). The van der Waals surface area contributed by atoms with Gasteiger partial charge in [-0.15, -0.1) is 0 Å². The molecule has 1 aromatic rings. The van der Waals surface area contributed by atoms with Crippen LogP contribution in [-0.4, -0.2) is 26.1 Å². The van der Waals surface area contributed by atoms with E-state index in [9.17, 15) is 5.11 Å². The molecule has 80 valence electrons. The first-order chi connectivity index (χ1) is 7.20. The van der Waals surface area contributed by atoms with E-state index in [1.807, 2.05) is 0 Å². The van der Waals surface area contributed by atoms with Crippen LogP contribution in [0.3, 0.4) is 0 Å². The molecule has 1 saturated carbocycles. The highest BCUT2D eigenvalue weighted by molar-refractivity contribution is 5.82. The first-order valence-corrected chi connectivity index (χ1v) is 4.72. The van der Waals surface area contributed by atoms with Crippen molar-refractivity contribution >= 4 is 5.84 Å². The lowest BCUT2D eigenvalue weighted by Gasteiger charge is -2.04. The largest absolute Gasteiger partial charge is 0.504 e. The number of oxime groups is 1. The minimum absolute atomic E-state index is 0.0192. The molecule has 1 heterocycles. The maximum Gasteiger partial charge on any atom is 0.155 e. The van der Waals surface area contributed by atoms with Crippen LogP contribution in [0.15, 0.2) is 11.4 Å². The molecule has 0 amide bonds. The maximum atomic E-state index is 9.46. The zero-order valence-corrected chi connectivity index (χ0v) is 8.09. The second kappa shape index (κ2) is 3.72. The highest BCUT2D eigenvalue weighted by Crippen LogP contribution is 2.38. The second-order valence-corrected chi connectivity index (χ2v) is 3.60. The Labute approximate surface area is 86.5 Å². The van der Waals surface area contributed by atoms with E-state index in [4.69, 9.17) is 10.9 Å². The van der Waals surface area contributed by atoms with Gasteiger partial charge in [-0.3, -0.25) is 0 Å². The predicted molar refractivity (Wildman–Crippen MR) is 52.8 cm³/mol. The SMILES string of the molecule is N/C(Cc1nc(C2CC2)ncc1O)=N\O. The summed E-state index contributed by atoms with van der Waals surface area (Å²) in [5.74, 6) is 1.14. The monoisotopic (exact) mass is 208 g/mol. The van der Waals surface area contributed by atoms with Gasteiger partial charge in [-0.2, -0.15) is 0 Å². The summed E-state index contributed by atoms with van der Waals surface area (Å²) in [7, 11) is 0. The van der Waals surface area contributed by atoms with Crippen molar-refractivity contribution < 1.29 is 10.3 Å². The van der Waals surface area contributed by atoms with Crippen LogP contribution in [0.2, 0.25) is 0 Å². The highest BCUT2D eigenvalue weighted by atomic mass is 16.4. The molecular weight excluding hydrogens is 196 g/mol. The first-order valence-electron chi connectivity index (χ1n) is 4.72. The molecule has 1 fully saturated rings. The van der Waals surface area contributed by atoms with Crippen molar-refractivity contribution in [2.24, 2.45) is 10.9 Å². The molecule has 0 aliphatic heterocycles. The van der Waals surface area contributed by atoms with Gasteiger partial charge in [-0.05, 0) is 12.8 Å². The quantitative estimate of drug-likeness (QED) is 0.287. The molecular formula is C9H12N4O2. The molecule has 1 aromatic heterocycles. The van der Waals surface area contributed by atoms with E-state index in [0.717, 1.165) is 18.7 Å². The van der Waals surface area contributed by atoms with Crippen LogP contribution in [0.25, 0.3) is 0 Å². The van der Waals surface area contributed by atoms with Crippen LogP contribution in [0, 0.1) is 0 Å². The van der Waals surface area contributed by atoms with E-state index in [0.29, 0.717) is 11.6 Å². The van der Waals surface area contributed by atoms with Crippen LogP contribution in [0.1, 0.15) is 30.3 Å². The van der Waals surface area contributed by atoms with Crippen molar-refractivity contribution in [2.45, 2.75) is 25.2 Å². The molecule has 0 unspecified atom stereocenters. The van der Waals surface area contributed by atoms with Crippen molar-refractivity contribution in [3.8, 4) is 5.75 Å². The van der Waals surface area contributed by atoms with E-state index in [1.165, 1.54) is 6.20 Å². The Morgan fingerprint density at radius 3 is 2.93 bits per heavy atom. The van der Waals surface area contributed by atoms with Crippen LogP contribution in [0.5, 0.6) is 5.75 Å². The fourth-order valence-electron chi connectivity index (χ4n) is 1.30. The molecule has 0 bridgehead atoms. The van der Waals surface area contributed by atoms with Crippen LogP contribution < -0.4 is 5.73 Å². The van der Waals surface area contributed by atoms with Crippen LogP contribution in [0.4, 0.5) is 0 Å². The predicted octanol–water partition coefficient (Wildman–Crippen LogP) is 0.348. The molecule has 6 nitrogen and oxygen atoms in total. The Morgan fingerprint density at radius 1 is 1.60 bits per heavy atom. The maximum absolute atomic E-state index is 9.46. The second-order valence-electron chi connectivity index (χ2n) is 3.60. The smallest absolute Gasteiger partial charge is 0.155 e. The Bertz CT molecular complexity index is 401. The number of rotatable bonds is 3. The number of nitrogens with two attached hydrogens (primary N) is 1. The van der Waals surface area contributed by atoms with Gasteiger partial charge in [0.25, 0.3) is 0 Å². The Hall–Kier alpha value is -1.85. The Morgan fingerprint density at radius 2 is 2.33 bits per heavy atom. The minimum atomic E-state index is -0.0222.